The third-order valence-corrected chi connectivity index (χ3v) is 2.85. The SMILES string of the molecule is [CH2]c1c(C(C)(C)C)ccc(O)c1C(C)(C)C. The van der Waals surface area contributed by atoms with Crippen molar-refractivity contribution in [2.45, 2.75) is 52.4 Å². The second-order valence-electron chi connectivity index (χ2n) is 6.49. The van der Waals surface area contributed by atoms with E-state index < -0.39 is 0 Å². The average molecular weight is 219 g/mol. The lowest BCUT2D eigenvalue weighted by atomic mass is 9.76. The van der Waals surface area contributed by atoms with Crippen LogP contribution in [-0.2, 0) is 10.8 Å². The second kappa shape index (κ2) is 3.80. The van der Waals surface area contributed by atoms with Gasteiger partial charge in [0.25, 0.3) is 0 Å². The van der Waals surface area contributed by atoms with Gasteiger partial charge in [-0.25, -0.2) is 0 Å². The van der Waals surface area contributed by atoms with E-state index in [0.29, 0.717) is 5.75 Å². The molecular formula is C15H23O. The van der Waals surface area contributed by atoms with Crippen molar-refractivity contribution in [1.29, 1.82) is 0 Å². The van der Waals surface area contributed by atoms with Crippen molar-refractivity contribution in [3.63, 3.8) is 0 Å². The molecule has 1 radical (unpaired) electrons. The first kappa shape index (κ1) is 13.1. The molecule has 0 fully saturated rings. The van der Waals surface area contributed by atoms with Crippen molar-refractivity contribution in [2.75, 3.05) is 0 Å². The van der Waals surface area contributed by atoms with Gasteiger partial charge in [0, 0.05) is 5.56 Å². The highest BCUT2D eigenvalue weighted by Gasteiger charge is 2.25. The van der Waals surface area contributed by atoms with E-state index in [4.69, 9.17) is 0 Å². The van der Waals surface area contributed by atoms with Crippen molar-refractivity contribution >= 4 is 0 Å². The molecule has 0 bridgehead atoms. The maximum absolute atomic E-state index is 9.98. The van der Waals surface area contributed by atoms with Gasteiger partial charge < -0.3 is 5.11 Å². The van der Waals surface area contributed by atoms with Gasteiger partial charge in [0.2, 0.25) is 0 Å². The molecular weight excluding hydrogens is 196 g/mol. The molecule has 1 aromatic rings. The predicted octanol–water partition coefficient (Wildman–Crippen LogP) is 4.17. The Kier molecular flexibility index (Phi) is 3.11. The molecule has 1 rings (SSSR count). The van der Waals surface area contributed by atoms with Crippen LogP contribution >= 0.6 is 0 Å². The number of hydrogen-bond donors (Lipinski definition) is 1. The molecule has 1 heteroatoms. The van der Waals surface area contributed by atoms with Gasteiger partial charge >= 0.3 is 0 Å². The summed E-state index contributed by atoms with van der Waals surface area (Å²) in [6, 6.07) is 3.77. The van der Waals surface area contributed by atoms with Gasteiger partial charge in [-0.1, -0.05) is 47.6 Å². The zero-order valence-electron chi connectivity index (χ0n) is 11.3. The number of benzene rings is 1. The molecule has 1 N–H and O–H groups in total. The van der Waals surface area contributed by atoms with Crippen LogP contribution in [0.5, 0.6) is 5.75 Å². The lowest BCUT2D eigenvalue weighted by Gasteiger charge is -2.29. The third-order valence-electron chi connectivity index (χ3n) is 2.85. The quantitative estimate of drug-likeness (QED) is 0.694. The fourth-order valence-corrected chi connectivity index (χ4v) is 2.17. The maximum atomic E-state index is 9.98. The minimum absolute atomic E-state index is 0.0603. The Labute approximate surface area is 99.5 Å². The molecule has 0 unspecified atom stereocenters. The Morgan fingerprint density at radius 2 is 1.44 bits per heavy atom. The van der Waals surface area contributed by atoms with Crippen molar-refractivity contribution in [2.24, 2.45) is 0 Å². The normalized spacial score (nSPS) is 12.9. The van der Waals surface area contributed by atoms with E-state index in [1.54, 1.807) is 6.07 Å². The zero-order chi connectivity index (χ0) is 12.7. The summed E-state index contributed by atoms with van der Waals surface area (Å²) in [7, 11) is 0. The molecule has 0 aromatic heterocycles. The van der Waals surface area contributed by atoms with Gasteiger partial charge in [0.05, 0.1) is 0 Å². The molecule has 0 amide bonds. The topological polar surface area (TPSA) is 20.2 Å². The summed E-state index contributed by atoms with van der Waals surface area (Å²) in [5, 5.41) is 9.98. The van der Waals surface area contributed by atoms with Crippen LogP contribution in [0.1, 0.15) is 58.2 Å². The fraction of sp³-hybridized carbons (Fsp3) is 0.533. The molecule has 0 saturated heterocycles. The van der Waals surface area contributed by atoms with Crippen LogP contribution < -0.4 is 0 Å². The largest absolute Gasteiger partial charge is 0.508 e. The minimum atomic E-state index is -0.0809. The molecule has 0 aliphatic heterocycles. The zero-order valence-corrected chi connectivity index (χ0v) is 11.3. The van der Waals surface area contributed by atoms with Gasteiger partial charge in [-0.05, 0) is 34.9 Å². The molecule has 1 nitrogen and oxygen atoms in total. The third kappa shape index (κ3) is 2.40. The van der Waals surface area contributed by atoms with E-state index in [2.05, 4.69) is 48.5 Å². The van der Waals surface area contributed by atoms with Crippen molar-refractivity contribution in [3.05, 3.63) is 35.7 Å². The van der Waals surface area contributed by atoms with E-state index in [1.165, 1.54) is 5.56 Å². The lowest BCUT2D eigenvalue weighted by Crippen LogP contribution is -2.19. The highest BCUT2D eigenvalue weighted by Crippen LogP contribution is 2.38. The Balaban J connectivity index is 3.52. The van der Waals surface area contributed by atoms with E-state index in [0.717, 1.165) is 11.1 Å². The molecule has 16 heavy (non-hydrogen) atoms. The van der Waals surface area contributed by atoms with Gasteiger partial charge in [0.1, 0.15) is 5.75 Å². The molecule has 89 valence electrons. The first-order valence-corrected chi connectivity index (χ1v) is 5.74. The first-order chi connectivity index (χ1) is 7.05. The molecule has 0 saturated carbocycles. The molecule has 0 aliphatic rings. The van der Waals surface area contributed by atoms with Crippen LogP contribution in [0.4, 0.5) is 0 Å². The Morgan fingerprint density at radius 3 is 1.81 bits per heavy atom. The maximum Gasteiger partial charge on any atom is 0.119 e. The second-order valence-corrected chi connectivity index (χ2v) is 6.49. The summed E-state index contributed by atoms with van der Waals surface area (Å²) in [5.41, 5.74) is 3.11. The summed E-state index contributed by atoms with van der Waals surface area (Å²) in [6.45, 7) is 17.0. The van der Waals surface area contributed by atoms with Crippen LogP contribution in [0, 0.1) is 6.92 Å². The van der Waals surface area contributed by atoms with Crippen LogP contribution in [0.3, 0.4) is 0 Å². The summed E-state index contributed by atoms with van der Waals surface area (Å²) in [6.07, 6.45) is 0. The molecule has 0 spiro atoms. The van der Waals surface area contributed by atoms with Gasteiger partial charge in [-0.15, -0.1) is 0 Å². The highest BCUT2D eigenvalue weighted by atomic mass is 16.3. The van der Waals surface area contributed by atoms with E-state index in [-0.39, 0.29) is 10.8 Å². The average Bonchev–Trinajstić information content (AvgIpc) is 1.97. The highest BCUT2D eigenvalue weighted by molar-refractivity contribution is 5.51. The summed E-state index contributed by atoms with van der Waals surface area (Å²) < 4.78 is 0. The number of phenolic OH excluding ortho intramolecular Hbond substituents is 1. The van der Waals surface area contributed by atoms with Crippen LogP contribution in [-0.4, -0.2) is 5.11 Å². The Hall–Kier alpha value is -0.980. The van der Waals surface area contributed by atoms with Crippen molar-refractivity contribution in [1.82, 2.24) is 0 Å². The molecule has 0 aliphatic carbocycles. The van der Waals surface area contributed by atoms with E-state index in [9.17, 15) is 5.11 Å². The van der Waals surface area contributed by atoms with Crippen molar-refractivity contribution in [3.8, 4) is 5.75 Å². The molecule has 0 heterocycles. The monoisotopic (exact) mass is 219 g/mol. The van der Waals surface area contributed by atoms with Crippen LogP contribution in [0.25, 0.3) is 0 Å². The van der Waals surface area contributed by atoms with Gasteiger partial charge in [-0.2, -0.15) is 0 Å². The standard InChI is InChI=1S/C15H23O/c1-10-11(14(2,3)4)8-9-12(16)13(10)15(5,6)7/h8-9,16H,1H2,2-7H3. The summed E-state index contributed by atoms with van der Waals surface area (Å²) in [4.78, 5) is 0. The van der Waals surface area contributed by atoms with Crippen LogP contribution in [0.15, 0.2) is 12.1 Å². The van der Waals surface area contributed by atoms with Gasteiger partial charge in [-0.3, -0.25) is 0 Å². The van der Waals surface area contributed by atoms with Gasteiger partial charge in [0.15, 0.2) is 0 Å². The number of phenols is 1. The lowest BCUT2D eigenvalue weighted by molar-refractivity contribution is 0.443. The van der Waals surface area contributed by atoms with E-state index in [1.807, 2.05) is 6.07 Å². The first-order valence-electron chi connectivity index (χ1n) is 5.74. The number of hydrogen-bond acceptors (Lipinski definition) is 1. The molecule has 0 atom stereocenters. The summed E-state index contributed by atoms with van der Waals surface area (Å²) >= 11 is 0. The number of aromatic hydroxyl groups is 1. The Morgan fingerprint density at radius 1 is 0.938 bits per heavy atom. The van der Waals surface area contributed by atoms with Crippen LogP contribution in [0.2, 0.25) is 0 Å². The smallest absolute Gasteiger partial charge is 0.119 e. The minimum Gasteiger partial charge on any atom is -0.508 e. The molecule has 1 aromatic carbocycles. The number of rotatable bonds is 0. The fourth-order valence-electron chi connectivity index (χ4n) is 2.17. The predicted molar refractivity (Wildman–Crippen MR) is 70.0 cm³/mol. The summed E-state index contributed by atoms with van der Waals surface area (Å²) in [5.74, 6) is 0.352. The van der Waals surface area contributed by atoms with Crippen molar-refractivity contribution < 1.29 is 5.11 Å². The Bertz CT molecular complexity index is 389. The van der Waals surface area contributed by atoms with E-state index >= 15 is 0 Å².